The molecule has 0 aromatic carbocycles. The quantitative estimate of drug-likeness (QED) is 0.474. The molecule has 38 heavy (non-hydrogen) atoms. The molecule has 14 heteroatoms. The molecule has 1 saturated heterocycles. The summed E-state index contributed by atoms with van der Waals surface area (Å²) in [5.41, 5.74) is 4.32. The summed E-state index contributed by atoms with van der Waals surface area (Å²) in [4.78, 5) is 52.7. The normalized spacial score (nSPS) is 27.5. The van der Waals surface area contributed by atoms with Crippen molar-refractivity contribution in [2.24, 2.45) is 34.3 Å². The number of fused-ring (bicyclic) bond motifs is 2. The second-order valence-corrected chi connectivity index (χ2v) is 12.2. The van der Waals surface area contributed by atoms with Crippen LogP contribution in [0.1, 0.15) is 46.9 Å². The van der Waals surface area contributed by atoms with Gasteiger partial charge in [0.1, 0.15) is 30.3 Å². The van der Waals surface area contributed by atoms with Gasteiger partial charge in [-0.15, -0.1) is 10.2 Å². The average Bonchev–Trinajstić information content (AvgIpc) is 3.21. The number of nitrogens with two attached hydrogens (primary N) is 1. The number of hydrogen-bond acceptors (Lipinski definition) is 6. The highest BCUT2D eigenvalue weighted by Gasteiger charge is 2.70. The molecule has 0 bridgehead atoms. The van der Waals surface area contributed by atoms with Gasteiger partial charge in [-0.1, -0.05) is 34.6 Å². The van der Waals surface area contributed by atoms with E-state index in [4.69, 9.17) is 5.73 Å². The number of piperidine rings is 1. The van der Waals surface area contributed by atoms with E-state index in [1.807, 2.05) is 23.7 Å². The molecular weight excluding hydrogens is 507 g/mol. The molecule has 210 valence electrons. The summed E-state index contributed by atoms with van der Waals surface area (Å²) in [5.74, 6) is -4.32. The van der Waals surface area contributed by atoms with Gasteiger partial charge >= 0.3 is 12.1 Å². The van der Waals surface area contributed by atoms with E-state index in [9.17, 15) is 32.3 Å². The van der Waals surface area contributed by atoms with Gasteiger partial charge in [-0.2, -0.15) is 13.2 Å². The highest BCUT2D eigenvalue weighted by molar-refractivity contribution is 5.96. The summed E-state index contributed by atoms with van der Waals surface area (Å²) in [6, 6.07) is -3.58. The van der Waals surface area contributed by atoms with Crippen molar-refractivity contribution in [3.8, 4) is 0 Å². The largest absolute Gasteiger partial charge is 0.471 e. The van der Waals surface area contributed by atoms with E-state index in [1.54, 1.807) is 6.33 Å². The SMILES string of the molecule is CC(C)(C)C(NC(=O)C(F)(F)F)C(=O)N1C[C@H]2[C@@H]([C@H]1C(=O)NC(C(N)=O)C1CCn3cnnc3C1)C2(C)C. The predicted molar refractivity (Wildman–Crippen MR) is 127 cm³/mol. The Labute approximate surface area is 218 Å². The maximum Gasteiger partial charge on any atom is 0.471 e. The number of carbonyl (C=O) groups excluding carboxylic acids is 4. The number of likely N-dealkylation sites (tertiary alicyclic amines) is 1. The second kappa shape index (κ2) is 9.23. The van der Waals surface area contributed by atoms with Crippen LogP contribution in [0.25, 0.3) is 0 Å². The van der Waals surface area contributed by atoms with Crippen LogP contribution in [0.4, 0.5) is 13.2 Å². The van der Waals surface area contributed by atoms with Gasteiger partial charge in [-0.3, -0.25) is 19.2 Å². The Balaban J connectivity index is 1.57. The lowest BCUT2D eigenvalue weighted by Gasteiger charge is -2.38. The van der Waals surface area contributed by atoms with Gasteiger partial charge in [0.05, 0.1) is 0 Å². The number of hydrogen-bond donors (Lipinski definition) is 3. The van der Waals surface area contributed by atoms with E-state index in [-0.39, 0.29) is 29.7 Å². The number of aromatic nitrogens is 3. The molecular formula is C24H34F3N7O4. The summed E-state index contributed by atoms with van der Waals surface area (Å²) in [5, 5.41) is 12.5. The molecule has 11 nitrogen and oxygen atoms in total. The van der Waals surface area contributed by atoms with Gasteiger partial charge < -0.3 is 25.8 Å². The average molecular weight is 542 g/mol. The molecule has 2 fully saturated rings. The van der Waals surface area contributed by atoms with Crippen LogP contribution in [-0.2, 0) is 32.1 Å². The molecule has 1 saturated carbocycles. The first-order valence-corrected chi connectivity index (χ1v) is 12.6. The minimum absolute atomic E-state index is 0.0543. The Bertz CT molecular complexity index is 1140. The molecule has 1 aliphatic carbocycles. The molecule has 3 heterocycles. The Morgan fingerprint density at radius 2 is 1.82 bits per heavy atom. The molecule has 3 aliphatic rings. The molecule has 4 amide bonds. The van der Waals surface area contributed by atoms with Crippen molar-refractivity contribution in [3.05, 3.63) is 12.2 Å². The Morgan fingerprint density at radius 1 is 1.16 bits per heavy atom. The number of amides is 4. The summed E-state index contributed by atoms with van der Waals surface area (Å²) < 4.78 is 40.9. The van der Waals surface area contributed by atoms with Crippen LogP contribution in [0.3, 0.4) is 0 Å². The first-order valence-electron chi connectivity index (χ1n) is 12.6. The lowest BCUT2D eigenvalue weighted by molar-refractivity contribution is -0.176. The summed E-state index contributed by atoms with van der Waals surface area (Å²) in [6.45, 7) is 9.21. The highest BCUT2D eigenvalue weighted by Crippen LogP contribution is 2.65. The van der Waals surface area contributed by atoms with E-state index in [0.29, 0.717) is 25.2 Å². The van der Waals surface area contributed by atoms with Gasteiger partial charge in [0.15, 0.2) is 0 Å². The minimum Gasteiger partial charge on any atom is -0.368 e. The van der Waals surface area contributed by atoms with Gasteiger partial charge in [-0.25, -0.2) is 0 Å². The Hall–Kier alpha value is -3.19. The van der Waals surface area contributed by atoms with Gasteiger partial charge in [-0.05, 0) is 35.0 Å². The fraction of sp³-hybridized carbons (Fsp3) is 0.750. The standard InChI is InChI=1S/C24H34F3N7O4/c1-22(2,3)17(31-21(38)24(25,26)27)20(37)34-9-12-14(23(12,4)5)16(34)19(36)30-15(18(28)35)11-6-7-33-10-29-32-13(33)8-11/h10-12,14-17H,6-9H2,1-5H3,(H2,28,35)(H,30,36)(H,31,38)/t11?,12-,14-,15?,16-,17?/m0/s1. The van der Waals surface area contributed by atoms with Crippen molar-refractivity contribution in [1.82, 2.24) is 30.3 Å². The van der Waals surface area contributed by atoms with Crippen molar-refractivity contribution in [2.45, 2.75) is 78.3 Å². The van der Waals surface area contributed by atoms with Crippen LogP contribution in [-0.4, -0.2) is 74.1 Å². The number of nitrogens with one attached hydrogen (secondary N) is 2. The zero-order chi connectivity index (χ0) is 28.4. The second-order valence-electron chi connectivity index (χ2n) is 12.2. The number of primary amides is 1. The number of rotatable bonds is 6. The summed E-state index contributed by atoms with van der Waals surface area (Å²) >= 11 is 0. The van der Waals surface area contributed by atoms with Crippen molar-refractivity contribution in [2.75, 3.05) is 6.54 Å². The first-order chi connectivity index (χ1) is 17.4. The molecule has 0 spiro atoms. The van der Waals surface area contributed by atoms with Gasteiger partial charge in [0.2, 0.25) is 17.7 Å². The van der Waals surface area contributed by atoms with E-state index in [2.05, 4.69) is 15.5 Å². The third-order valence-electron chi connectivity index (χ3n) is 8.36. The van der Waals surface area contributed by atoms with E-state index in [1.165, 1.54) is 25.7 Å². The predicted octanol–water partition coefficient (Wildman–Crippen LogP) is 0.387. The van der Waals surface area contributed by atoms with Crippen LogP contribution < -0.4 is 16.4 Å². The fourth-order valence-electron chi connectivity index (χ4n) is 6.05. The van der Waals surface area contributed by atoms with Gasteiger partial charge in [0, 0.05) is 19.5 Å². The molecule has 4 rings (SSSR count). The zero-order valence-electron chi connectivity index (χ0n) is 22.0. The molecule has 3 unspecified atom stereocenters. The van der Waals surface area contributed by atoms with Gasteiger partial charge in [0.25, 0.3) is 0 Å². The maximum absolute atomic E-state index is 13.7. The zero-order valence-corrected chi connectivity index (χ0v) is 22.0. The molecule has 6 atom stereocenters. The number of aryl methyl sites for hydroxylation is 1. The molecule has 1 aromatic rings. The number of carbonyl (C=O) groups is 4. The van der Waals surface area contributed by atoms with Crippen molar-refractivity contribution in [3.63, 3.8) is 0 Å². The number of nitrogens with zero attached hydrogens (tertiary/aromatic N) is 4. The van der Waals surface area contributed by atoms with Crippen LogP contribution in [0.2, 0.25) is 0 Å². The minimum atomic E-state index is -5.17. The van der Waals surface area contributed by atoms with E-state index >= 15 is 0 Å². The maximum atomic E-state index is 13.7. The summed E-state index contributed by atoms with van der Waals surface area (Å²) in [6.07, 6.45) is -2.67. The van der Waals surface area contributed by atoms with Crippen LogP contribution >= 0.6 is 0 Å². The van der Waals surface area contributed by atoms with E-state index in [0.717, 1.165) is 0 Å². The third-order valence-corrected chi connectivity index (χ3v) is 8.36. The number of halogens is 3. The van der Waals surface area contributed by atoms with Crippen LogP contribution in [0.5, 0.6) is 0 Å². The van der Waals surface area contributed by atoms with Crippen molar-refractivity contribution in [1.29, 1.82) is 0 Å². The molecule has 2 aliphatic heterocycles. The lowest BCUT2D eigenvalue weighted by Crippen LogP contribution is -2.62. The highest BCUT2D eigenvalue weighted by atomic mass is 19.4. The third kappa shape index (κ3) is 4.96. The summed E-state index contributed by atoms with van der Waals surface area (Å²) in [7, 11) is 0. The monoisotopic (exact) mass is 541 g/mol. The van der Waals surface area contributed by atoms with Crippen molar-refractivity contribution >= 4 is 23.6 Å². The first kappa shape index (κ1) is 27.8. The molecule has 0 radical (unpaired) electrons. The van der Waals surface area contributed by atoms with Crippen LogP contribution in [0.15, 0.2) is 6.33 Å². The lowest BCUT2D eigenvalue weighted by atomic mass is 9.85. The molecule has 1 aromatic heterocycles. The Morgan fingerprint density at radius 3 is 2.39 bits per heavy atom. The van der Waals surface area contributed by atoms with E-state index < -0.39 is 53.3 Å². The fourth-order valence-corrected chi connectivity index (χ4v) is 6.05. The smallest absolute Gasteiger partial charge is 0.368 e. The van der Waals surface area contributed by atoms with Crippen molar-refractivity contribution < 1.29 is 32.3 Å². The number of alkyl halides is 3. The van der Waals surface area contributed by atoms with Crippen LogP contribution in [0, 0.1) is 28.6 Å². The molecule has 4 N–H and O–H groups in total. The Kier molecular flexibility index (Phi) is 6.76. The topological polar surface area (TPSA) is 152 Å².